The van der Waals surface area contributed by atoms with Crippen molar-refractivity contribution in [3.05, 3.63) is 94.9 Å². The molecule has 0 atom stereocenters. The van der Waals surface area contributed by atoms with Gasteiger partial charge in [0.1, 0.15) is 5.69 Å². The van der Waals surface area contributed by atoms with Crippen molar-refractivity contribution in [2.75, 3.05) is 0 Å². The Hall–Kier alpha value is -3.61. The summed E-state index contributed by atoms with van der Waals surface area (Å²) in [6.45, 7) is 0. The Labute approximate surface area is 154 Å². The summed E-state index contributed by atoms with van der Waals surface area (Å²) >= 11 is 0. The van der Waals surface area contributed by atoms with Gasteiger partial charge in [0.15, 0.2) is 17.3 Å². The van der Waals surface area contributed by atoms with Crippen molar-refractivity contribution in [1.29, 1.82) is 0 Å². The third-order valence-corrected chi connectivity index (χ3v) is 3.86. The molecule has 0 unspecified atom stereocenters. The molecule has 0 aliphatic heterocycles. The van der Waals surface area contributed by atoms with Crippen LogP contribution in [0.15, 0.2) is 77.9 Å². The van der Waals surface area contributed by atoms with Crippen LogP contribution >= 0.6 is 0 Å². The summed E-state index contributed by atoms with van der Waals surface area (Å²) in [7, 11) is 0. The standard InChI is InChI=1S/C19H12F2N4O.CH4/c20-14-7-4-8-15(21)19(14)24-12-10-17(26)18(23-24)16-9-11-22-25(16)13-5-2-1-3-6-13;/h1-12H;1H4. The lowest BCUT2D eigenvalue weighted by Gasteiger charge is -2.10. The largest absolute Gasteiger partial charge is 0.287 e. The Morgan fingerprint density at radius 1 is 0.852 bits per heavy atom. The van der Waals surface area contributed by atoms with Crippen molar-refractivity contribution < 1.29 is 8.78 Å². The highest BCUT2D eigenvalue weighted by atomic mass is 19.1. The molecule has 0 N–H and O–H groups in total. The first-order chi connectivity index (χ1) is 12.6. The highest BCUT2D eigenvalue weighted by molar-refractivity contribution is 5.57. The van der Waals surface area contributed by atoms with Crippen LogP contribution in [0.25, 0.3) is 22.8 Å². The predicted molar refractivity (Wildman–Crippen MR) is 99.0 cm³/mol. The molecule has 7 heteroatoms. The van der Waals surface area contributed by atoms with Gasteiger partial charge in [-0.1, -0.05) is 31.7 Å². The maximum atomic E-state index is 14.1. The summed E-state index contributed by atoms with van der Waals surface area (Å²) in [5.74, 6) is -1.55. The van der Waals surface area contributed by atoms with Gasteiger partial charge in [0.2, 0.25) is 5.43 Å². The van der Waals surface area contributed by atoms with E-state index in [-0.39, 0.29) is 24.2 Å². The number of rotatable bonds is 3. The highest BCUT2D eigenvalue weighted by Gasteiger charge is 2.16. The summed E-state index contributed by atoms with van der Waals surface area (Å²) in [5.41, 5.74) is 0.472. The lowest BCUT2D eigenvalue weighted by atomic mass is 10.2. The van der Waals surface area contributed by atoms with E-state index in [1.807, 2.05) is 30.3 Å². The fourth-order valence-electron chi connectivity index (χ4n) is 2.68. The van der Waals surface area contributed by atoms with E-state index >= 15 is 0 Å². The molecule has 0 bridgehead atoms. The number of hydrogen-bond acceptors (Lipinski definition) is 3. The Morgan fingerprint density at radius 3 is 2.26 bits per heavy atom. The second kappa shape index (κ2) is 7.33. The molecule has 0 spiro atoms. The zero-order chi connectivity index (χ0) is 18.1. The van der Waals surface area contributed by atoms with E-state index in [2.05, 4.69) is 10.2 Å². The maximum Gasteiger partial charge on any atom is 0.209 e. The van der Waals surface area contributed by atoms with Crippen LogP contribution in [0.4, 0.5) is 8.78 Å². The van der Waals surface area contributed by atoms with Crippen molar-refractivity contribution in [3.8, 4) is 22.8 Å². The second-order valence-corrected chi connectivity index (χ2v) is 5.51. The van der Waals surface area contributed by atoms with Crippen LogP contribution in [0.2, 0.25) is 0 Å². The number of para-hydroxylation sites is 2. The van der Waals surface area contributed by atoms with Crippen LogP contribution in [0, 0.1) is 11.6 Å². The van der Waals surface area contributed by atoms with Gasteiger partial charge in [-0.15, -0.1) is 0 Å². The SMILES string of the molecule is C.O=c1ccn(-c2c(F)cccc2F)nc1-c1ccnn1-c1ccccc1. The molecule has 0 fully saturated rings. The number of halogens is 2. The van der Waals surface area contributed by atoms with E-state index in [0.717, 1.165) is 22.5 Å². The molecule has 0 saturated carbocycles. The molecule has 0 radical (unpaired) electrons. The maximum absolute atomic E-state index is 14.1. The van der Waals surface area contributed by atoms with Crippen LogP contribution in [0.5, 0.6) is 0 Å². The lowest BCUT2D eigenvalue weighted by molar-refractivity contribution is 0.558. The molecule has 0 aliphatic rings. The average molecular weight is 366 g/mol. The number of benzene rings is 2. The van der Waals surface area contributed by atoms with E-state index < -0.39 is 11.6 Å². The van der Waals surface area contributed by atoms with Gasteiger partial charge in [0, 0.05) is 12.3 Å². The van der Waals surface area contributed by atoms with Gasteiger partial charge in [-0.2, -0.15) is 10.2 Å². The predicted octanol–water partition coefficient (Wildman–Crippen LogP) is 4.00. The fourth-order valence-corrected chi connectivity index (χ4v) is 2.68. The normalized spacial score (nSPS) is 10.4. The van der Waals surface area contributed by atoms with Crippen molar-refractivity contribution in [2.45, 2.75) is 7.43 Å². The quantitative estimate of drug-likeness (QED) is 0.551. The molecular formula is C20H16F2N4O. The van der Waals surface area contributed by atoms with Crippen LogP contribution in [-0.2, 0) is 0 Å². The molecule has 0 amide bonds. The molecule has 27 heavy (non-hydrogen) atoms. The molecular weight excluding hydrogens is 350 g/mol. The van der Waals surface area contributed by atoms with Gasteiger partial charge in [-0.25, -0.2) is 18.1 Å². The summed E-state index contributed by atoms with van der Waals surface area (Å²) in [5, 5.41) is 8.38. The van der Waals surface area contributed by atoms with Crippen LogP contribution in [0.3, 0.4) is 0 Å². The summed E-state index contributed by atoms with van der Waals surface area (Å²) in [4.78, 5) is 12.4. The Kier molecular flexibility index (Phi) is 4.94. The lowest BCUT2D eigenvalue weighted by Crippen LogP contribution is -2.16. The molecule has 4 rings (SSSR count). The Bertz CT molecular complexity index is 1120. The molecule has 136 valence electrons. The fraction of sp³-hybridized carbons (Fsp3) is 0.0500. The minimum Gasteiger partial charge on any atom is -0.287 e. The van der Waals surface area contributed by atoms with E-state index in [1.54, 1.807) is 10.7 Å². The zero-order valence-corrected chi connectivity index (χ0v) is 13.4. The topological polar surface area (TPSA) is 52.7 Å². The summed E-state index contributed by atoms with van der Waals surface area (Å²) < 4.78 is 30.7. The Morgan fingerprint density at radius 2 is 1.56 bits per heavy atom. The van der Waals surface area contributed by atoms with Crippen LogP contribution < -0.4 is 5.43 Å². The third kappa shape index (κ3) is 3.27. The minimum absolute atomic E-state index is 0. The molecule has 2 aromatic carbocycles. The zero-order valence-electron chi connectivity index (χ0n) is 13.4. The molecule has 4 aromatic rings. The molecule has 5 nitrogen and oxygen atoms in total. The van der Waals surface area contributed by atoms with Gasteiger partial charge in [0.25, 0.3) is 0 Å². The first-order valence-corrected chi connectivity index (χ1v) is 7.79. The van der Waals surface area contributed by atoms with Gasteiger partial charge in [0.05, 0.1) is 17.6 Å². The summed E-state index contributed by atoms with van der Waals surface area (Å²) in [6, 6.07) is 15.6. The van der Waals surface area contributed by atoms with E-state index in [1.165, 1.54) is 24.5 Å². The van der Waals surface area contributed by atoms with E-state index in [4.69, 9.17) is 0 Å². The minimum atomic E-state index is -0.774. The van der Waals surface area contributed by atoms with Crippen LogP contribution in [-0.4, -0.2) is 19.6 Å². The first kappa shape index (κ1) is 18.2. The number of nitrogens with zero attached hydrogens (tertiary/aromatic N) is 4. The average Bonchev–Trinajstić information content (AvgIpc) is 3.13. The Balaban J connectivity index is 0.00000210. The van der Waals surface area contributed by atoms with Crippen molar-refractivity contribution >= 4 is 0 Å². The monoisotopic (exact) mass is 366 g/mol. The van der Waals surface area contributed by atoms with E-state index in [9.17, 15) is 13.6 Å². The molecule has 2 heterocycles. The number of hydrogen-bond donors (Lipinski definition) is 0. The van der Waals surface area contributed by atoms with Crippen LogP contribution in [0.1, 0.15) is 7.43 Å². The third-order valence-electron chi connectivity index (χ3n) is 3.86. The first-order valence-electron chi connectivity index (χ1n) is 7.79. The highest BCUT2D eigenvalue weighted by Crippen LogP contribution is 2.20. The number of aromatic nitrogens is 4. The molecule has 0 aliphatic carbocycles. The summed E-state index contributed by atoms with van der Waals surface area (Å²) in [6.07, 6.45) is 2.76. The van der Waals surface area contributed by atoms with Crippen molar-refractivity contribution in [3.63, 3.8) is 0 Å². The van der Waals surface area contributed by atoms with E-state index in [0.29, 0.717) is 5.69 Å². The van der Waals surface area contributed by atoms with Gasteiger partial charge in [-0.05, 0) is 30.3 Å². The van der Waals surface area contributed by atoms with Gasteiger partial charge in [-0.3, -0.25) is 4.79 Å². The van der Waals surface area contributed by atoms with Crippen molar-refractivity contribution in [1.82, 2.24) is 19.6 Å². The van der Waals surface area contributed by atoms with Crippen molar-refractivity contribution in [2.24, 2.45) is 0 Å². The molecule has 0 saturated heterocycles. The molecule has 2 aromatic heterocycles. The second-order valence-electron chi connectivity index (χ2n) is 5.51. The van der Waals surface area contributed by atoms with Gasteiger partial charge >= 0.3 is 0 Å². The smallest absolute Gasteiger partial charge is 0.209 e. The van der Waals surface area contributed by atoms with Gasteiger partial charge < -0.3 is 0 Å².